The first-order valence-electron chi connectivity index (χ1n) is 4.56. The van der Waals surface area contributed by atoms with Gasteiger partial charge in [-0.05, 0) is 20.8 Å². The number of hydrogen-bond acceptors (Lipinski definition) is 3. The van der Waals surface area contributed by atoms with E-state index in [9.17, 15) is 0 Å². The molecule has 0 amide bonds. The van der Waals surface area contributed by atoms with Crippen LogP contribution in [0.1, 0.15) is 20.8 Å². The monoisotopic (exact) mass is 181 g/mol. The summed E-state index contributed by atoms with van der Waals surface area (Å²) in [5.41, 5.74) is 1.01. The lowest BCUT2D eigenvalue weighted by atomic mass is 10.1. The molecule has 13 heavy (non-hydrogen) atoms. The molecule has 3 atom stereocenters. The van der Waals surface area contributed by atoms with Gasteiger partial charge in [-0.3, -0.25) is 4.99 Å². The second-order valence-electron chi connectivity index (χ2n) is 4.02. The molecule has 0 spiro atoms. The molecule has 1 saturated heterocycles. The summed E-state index contributed by atoms with van der Waals surface area (Å²) in [7, 11) is 0. The van der Waals surface area contributed by atoms with Gasteiger partial charge in [-0.25, -0.2) is 0 Å². The van der Waals surface area contributed by atoms with Gasteiger partial charge in [0, 0.05) is 5.71 Å². The minimum Gasteiger partial charge on any atom is -0.342 e. The van der Waals surface area contributed by atoms with Crippen molar-refractivity contribution in [3.8, 4) is 0 Å². The van der Waals surface area contributed by atoms with Crippen LogP contribution in [-0.4, -0.2) is 29.7 Å². The van der Waals surface area contributed by atoms with Crippen LogP contribution in [0.25, 0.3) is 0 Å². The minimum absolute atomic E-state index is 0.0259. The van der Waals surface area contributed by atoms with Gasteiger partial charge in [0.1, 0.15) is 12.2 Å². The zero-order valence-electron chi connectivity index (χ0n) is 8.28. The van der Waals surface area contributed by atoms with Crippen molar-refractivity contribution in [2.24, 2.45) is 4.99 Å². The molecular weight excluding hydrogens is 166 g/mol. The van der Waals surface area contributed by atoms with Gasteiger partial charge in [0.05, 0.1) is 6.04 Å². The predicted octanol–water partition coefficient (Wildman–Crippen LogP) is 1.54. The van der Waals surface area contributed by atoms with Crippen LogP contribution in [0, 0.1) is 0 Å². The normalized spacial score (nSPS) is 41.5. The summed E-state index contributed by atoms with van der Waals surface area (Å²) in [5.74, 6) is -0.478. The third-order valence-corrected chi connectivity index (χ3v) is 2.47. The fourth-order valence-electron chi connectivity index (χ4n) is 1.93. The first-order valence-corrected chi connectivity index (χ1v) is 4.56. The number of hydrogen-bond donors (Lipinski definition) is 0. The van der Waals surface area contributed by atoms with Gasteiger partial charge in [0.2, 0.25) is 0 Å². The quantitative estimate of drug-likeness (QED) is 0.574. The third-order valence-electron chi connectivity index (χ3n) is 2.47. The van der Waals surface area contributed by atoms with Gasteiger partial charge < -0.3 is 9.47 Å². The van der Waals surface area contributed by atoms with Crippen LogP contribution in [0.15, 0.2) is 17.6 Å². The molecule has 0 aromatic rings. The van der Waals surface area contributed by atoms with Gasteiger partial charge in [-0.2, -0.15) is 0 Å². The number of nitrogens with zero attached hydrogens (tertiary/aromatic N) is 1. The van der Waals surface area contributed by atoms with Crippen molar-refractivity contribution in [3.05, 3.63) is 12.7 Å². The van der Waals surface area contributed by atoms with Crippen LogP contribution in [0.2, 0.25) is 0 Å². The molecule has 72 valence electrons. The molecule has 2 rings (SSSR count). The lowest BCUT2D eigenvalue weighted by Gasteiger charge is -2.18. The minimum atomic E-state index is -0.478. The smallest absolute Gasteiger partial charge is 0.164 e. The highest BCUT2D eigenvalue weighted by molar-refractivity contribution is 5.89. The predicted molar refractivity (Wildman–Crippen MR) is 50.9 cm³/mol. The topological polar surface area (TPSA) is 30.8 Å². The summed E-state index contributed by atoms with van der Waals surface area (Å²) < 4.78 is 11.5. The fraction of sp³-hybridized carbons (Fsp3) is 0.700. The zero-order chi connectivity index (χ0) is 9.64. The Labute approximate surface area is 78.4 Å². The Bertz CT molecular complexity index is 270. The number of ether oxygens (including phenoxy) is 2. The SMILES string of the molecule is C=CC1N=C(C)[C@H]2OC(C)(C)O[C@@H]12. The van der Waals surface area contributed by atoms with Crippen molar-refractivity contribution in [2.75, 3.05) is 0 Å². The van der Waals surface area contributed by atoms with Crippen molar-refractivity contribution >= 4 is 5.71 Å². The highest BCUT2D eigenvalue weighted by Gasteiger charge is 2.48. The number of rotatable bonds is 1. The highest BCUT2D eigenvalue weighted by atomic mass is 16.8. The van der Waals surface area contributed by atoms with Gasteiger partial charge >= 0.3 is 0 Å². The molecule has 0 saturated carbocycles. The molecule has 3 nitrogen and oxygen atoms in total. The van der Waals surface area contributed by atoms with Crippen LogP contribution in [-0.2, 0) is 9.47 Å². The molecule has 0 aromatic carbocycles. The lowest BCUT2D eigenvalue weighted by molar-refractivity contribution is -0.143. The standard InChI is InChI=1S/C10H15NO2/c1-5-7-9-8(6(2)11-7)12-10(3,4)13-9/h5,7-9H,1H2,2-4H3/t7?,8-,9+/m1/s1. The maximum absolute atomic E-state index is 5.74. The summed E-state index contributed by atoms with van der Waals surface area (Å²) in [6, 6.07) is 0.0618. The Morgan fingerprint density at radius 2 is 2.15 bits per heavy atom. The van der Waals surface area contributed by atoms with Crippen molar-refractivity contribution in [2.45, 2.75) is 44.8 Å². The van der Waals surface area contributed by atoms with E-state index in [1.165, 1.54) is 0 Å². The van der Waals surface area contributed by atoms with Crippen molar-refractivity contribution in [3.63, 3.8) is 0 Å². The largest absolute Gasteiger partial charge is 0.342 e. The molecule has 0 N–H and O–H groups in total. The van der Waals surface area contributed by atoms with E-state index in [4.69, 9.17) is 9.47 Å². The summed E-state index contributed by atoms with van der Waals surface area (Å²) in [5, 5.41) is 0. The number of fused-ring (bicyclic) bond motifs is 1. The molecular formula is C10H15NO2. The first kappa shape index (κ1) is 8.91. The summed E-state index contributed by atoms with van der Waals surface area (Å²) in [6.07, 6.45) is 1.88. The maximum atomic E-state index is 5.74. The van der Waals surface area contributed by atoms with E-state index in [2.05, 4.69) is 11.6 Å². The molecule has 0 bridgehead atoms. The second-order valence-corrected chi connectivity index (χ2v) is 4.02. The average Bonchev–Trinajstić information content (AvgIpc) is 2.47. The average molecular weight is 181 g/mol. The molecule has 0 aromatic heterocycles. The van der Waals surface area contributed by atoms with Crippen LogP contribution in [0.4, 0.5) is 0 Å². The van der Waals surface area contributed by atoms with E-state index < -0.39 is 5.79 Å². The second kappa shape index (κ2) is 2.66. The molecule has 0 aliphatic carbocycles. The van der Waals surface area contributed by atoms with E-state index in [0.29, 0.717) is 0 Å². The van der Waals surface area contributed by atoms with Crippen molar-refractivity contribution in [1.82, 2.24) is 0 Å². The molecule has 2 aliphatic rings. The molecule has 2 heterocycles. The van der Waals surface area contributed by atoms with Crippen LogP contribution >= 0.6 is 0 Å². The Balaban J connectivity index is 2.24. The fourth-order valence-corrected chi connectivity index (χ4v) is 1.93. The Morgan fingerprint density at radius 1 is 1.46 bits per heavy atom. The van der Waals surface area contributed by atoms with Gasteiger partial charge in [0.15, 0.2) is 5.79 Å². The zero-order valence-corrected chi connectivity index (χ0v) is 8.28. The summed E-state index contributed by atoms with van der Waals surface area (Å²) in [4.78, 5) is 4.41. The Kier molecular flexibility index (Phi) is 1.82. The van der Waals surface area contributed by atoms with Gasteiger partial charge in [0.25, 0.3) is 0 Å². The lowest BCUT2D eigenvalue weighted by Crippen LogP contribution is -2.29. The number of aliphatic imine (C=N–C) groups is 1. The summed E-state index contributed by atoms with van der Waals surface area (Å²) in [6.45, 7) is 9.58. The van der Waals surface area contributed by atoms with E-state index in [1.54, 1.807) is 0 Å². The summed E-state index contributed by atoms with van der Waals surface area (Å²) >= 11 is 0. The van der Waals surface area contributed by atoms with Crippen LogP contribution < -0.4 is 0 Å². The van der Waals surface area contributed by atoms with Crippen LogP contribution in [0.3, 0.4) is 0 Å². The van der Waals surface area contributed by atoms with Gasteiger partial charge in [-0.15, -0.1) is 6.58 Å². The maximum Gasteiger partial charge on any atom is 0.164 e. The van der Waals surface area contributed by atoms with E-state index in [-0.39, 0.29) is 18.2 Å². The molecule has 0 radical (unpaired) electrons. The Morgan fingerprint density at radius 3 is 2.77 bits per heavy atom. The van der Waals surface area contributed by atoms with Crippen molar-refractivity contribution in [1.29, 1.82) is 0 Å². The van der Waals surface area contributed by atoms with Crippen LogP contribution in [0.5, 0.6) is 0 Å². The molecule has 1 unspecified atom stereocenters. The van der Waals surface area contributed by atoms with E-state index in [1.807, 2.05) is 26.8 Å². The highest BCUT2D eigenvalue weighted by Crippen LogP contribution is 2.35. The van der Waals surface area contributed by atoms with E-state index >= 15 is 0 Å². The van der Waals surface area contributed by atoms with E-state index in [0.717, 1.165) is 5.71 Å². The third kappa shape index (κ3) is 1.32. The Hall–Kier alpha value is -0.670. The van der Waals surface area contributed by atoms with Gasteiger partial charge in [-0.1, -0.05) is 6.08 Å². The molecule has 1 fully saturated rings. The first-order chi connectivity index (χ1) is 6.03. The molecule has 2 aliphatic heterocycles. The molecule has 3 heteroatoms. The van der Waals surface area contributed by atoms with Crippen molar-refractivity contribution < 1.29 is 9.47 Å².